The van der Waals surface area contributed by atoms with E-state index in [4.69, 9.17) is 23.7 Å². The largest absolute Gasteiger partial charge is 0.513 e. The first kappa shape index (κ1) is 36.7. The molecule has 42 heavy (non-hydrogen) atoms. The second-order valence-corrected chi connectivity index (χ2v) is 11.6. The number of unbranched alkanes of at least 4 members (excludes halogenated alkanes) is 4. The zero-order chi connectivity index (χ0) is 31.8. The number of hydrogen-bond acceptors (Lipinski definition) is 10. The van der Waals surface area contributed by atoms with Crippen LogP contribution in [0.1, 0.15) is 105 Å². The Balaban J connectivity index is 3.36. The lowest BCUT2D eigenvalue weighted by molar-refractivity contribution is -0.185. The summed E-state index contributed by atoms with van der Waals surface area (Å²) in [5, 5.41) is 13.2. The Labute approximate surface area is 249 Å². The van der Waals surface area contributed by atoms with Crippen LogP contribution in [-0.2, 0) is 30.2 Å². The van der Waals surface area contributed by atoms with Crippen molar-refractivity contribution in [3.8, 4) is 11.5 Å². The highest BCUT2D eigenvalue weighted by molar-refractivity contribution is 5.82. The maximum atomic E-state index is 12.8. The quantitative estimate of drug-likeness (QED) is 0.0608. The van der Waals surface area contributed by atoms with Gasteiger partial charge in [-0.2, -0.15) is 0 Å². The van der Waals surface area contributed by atoms with Crippen molar-refractivity contribution in [2.75, 3.05) is 13.2 Å². The number of esters is 1. The molecule has 238 valence electrons. The SMILES string of the molecule is CCCCCOC(=O)Oc1ccc(C[C@](NC(C)CC)(OC(=O)CC(C)(C)C)C(=O)O)cc1OC(=O)OCCCCC. The Bertz CT molecular complexity index is 1020. The van der Waals surface area contributed by atoms with Crippen LogP contribution in [0.4, 0.5) is 9.59 Å². The number of rotatable bonds is 18. The fraction of sp³-hybridized carbons (Fsp3) is 0.677. The summed E-state index contributed by atoms with van der Waals surface area (Å²) in [6.07, 6.45) is 3.24. The van der Waals surface area contributed by atoms with Crippen LogP contribution in [0.2, 0.25) is 0 Å². The predicted octanol–water partition coefficient (Wildman–Crippen LogP) is 6.79. The van der Waals surface area contributed by atoms with Crippen LogP contribution in [-0.4, -0.2) is 54.3 Å². The molecule has 1 rings (SSSR count). The summed E-state index contributed by atoms with van der Waals surface area (Å²) in [7, 11) is 0. The average Bonchev–Trinajstić information content (AvgIpc) is 2.89. The molecular weight excluding hydrogens is 546 g/mol. The first-order chi connectivity index (χ1) is 19.7. The Morgan fingerprint density at radius 2 is 1.40 bits per heavy atom. The Kier molecular flexibility index (Phi) is 15.9. The zero-order valence-electron chi connectivity index (χ0n) is 26.2. The molecule has 0 fully saturated rings. The van der Waals surface area contributed by atoms with Gasteiger partial charge in [0.1, 0.15) is 0 Å². The molecule has 0 aliphatic carbocycles. The van der Waals surface area contributed by atoms with Gasteiger partial charge in [0.15, 0.2) is 11.5 Å². The van der Waals surface area contributed by atoms with E-state index in [9.17, 15) is 24.3 Å². The number of carbonyl (C=O) groups excluding carboxylic acids is 3. The van der Waals surface area contributed by atoms with Gasteiger partial charge < -0.3 is 28.8 Å². The van der Waals surface area contributed by atoms with Gasteiger partial charge in [-0.25, -0.2) is 14.4 Å². The number of carboxylic acid groups (broad SMARTS) is 1. The fourth-order valence-electron chi connectivity index (χ4n) is 3.83. The van der Waals surface area contributed by atoms with Crippen molar-refractivity contribution in [3.63, 3.8) is 0 Å². The molecule has 1 aromatic carbocycles. The van der Waals surface area contributed by atoms with Crippen molar-refractivity contribution < 1.29 is 48.0 Å². The third kappa shape index (κ3) is 14.0. The third-order valence-corrected chi connectivity index (χ3v) is 6.18. The van der Waals surface area contributed by atoms with Crippen molar-refractivity contribution >= 4 is 24.2 Å². The molecule has 0 aliphatic heterocycles. The summed E-state index contributed by atoms with van der Waals surface area (Å²) in [6, 6.07) is 3.88. The van der Waals surface area contributed by atoms with E-state index in [0.29, 0.717) is 24.8 Å². The van der Waals surface area contributed by atoms with Crippen LogP contribution in [0.15, 0.2) is 18.2 Å². The van der Waals surface area contributed by atoms with E-state index in [2.05, 4.69) is 5.32 Å². The van der Waals surface area contributed by atoms with Crippen molar-refractivity contribution in [1.82, 2.24) is 5.32 Å². The van der Waals surface area contributed by atoms with E-state index < -0.39 is 35.4 Å². The van der Waals surface area contributed by atoms with Crippen molar-refractivity contribution in [3.05, 3.63) is 23.8 Å². The number of benzene rings is 1. The summed E-state index contributed by atoms with van der Waals surface area (Å²) < 4.78 is 26.5. The van der Waals surface area contributed by atoms with E-state index in [1.54, 1.807) is 6.92 Å². The molecule has 0 radical (unpaired) electrons. The number of aliphatic carboxylic acids is 1. The van der Waals surface area contributed by atoms with E-state index in [1.165, 1.54) is 18.2 Å². The van der Waals surface area contributed by atoms with Crippen molar-refractivity contribution in [2.45, 2.75) is 118 Å². The monoisotopic (exact) mass is 595 g/mol. The van der Waals surface area contributed by atoms with Gasteiger partial charge in [-0.05, 0) is 49.3 Å². The molecule has 0 saturated carbocycles. The van der Waals surface area contributed by atoms with Crippen LogP contribution >= 0.6 is 0 Å². The van der Waals surface area contributed by atoms with E-state index in [0.717, 1.165) is 25.7 Å². The lowest BCUT2D eigenvalue weighted by Gasteiger charge is -2.34. The molecular formula is C31H49NO10. The van der Waals surface area contributed by atoms with Crippen LogP contribution in [0, 0.1) is 5.41 Å². The molecule has 1 aromatic rings. The van der Waals surface area contributed by atoms with E-state index >= 15 is 0 Å². The maximum absolute atomic E-state index is 12.8. The minimum absolute atomic E-state index is 0.00437. The lowest BCUT2D eigenvalue weighted by Crippen LogP contribution is -2.59. The molecule has 2 atom stereocenters. The smallest absolute Gasteiger partial charge is 0.477 e. The molecule has 0 bridgehead atoms. The Morgan fingerprint density at radius 1 is 0.857 bits per heavy atom. The molecule has 0 aromatic heterocycles. The predicted molar refractivity (Wildman–Crippen MR) is 157 cm³/mol. The number of nitrogens with one attached hydrogen (secondary N) is 1. The fourth-order valence-corrected chi connectivity index (χ4v) is 3.83. The number of hydrogen-bond donors (Lipinski definition) is 2. The number of carboxylic acids is 1. The van der Waals surface area contributed by atoms with Gasteiger partial charge >= 0.3 is 24.2 Å². The minimum Gasteiger partial charge on any atom is -0.477 e. The summed E-state index contributed by atoms with van der Waals surface area (Å²) in [5.74, 6) is -2.37. The summed E-state index contributed by atoms with van der Waals surface area (Å²) >= 11 is 0. The second-order valence-electron chi connectivity index (χ2n) is 11.6. The van der Waals surface area contributed by atoms with Gasteiger partial charge in [-0.15, -0.1) is 0 Å². The van der Waals surface area contributed by atoms with Gasteiger partial charge in [0.25, 0.3) is 5.72 Å². The molecule has 11 nitrogen and oxygen atoms in total. The molecule has 0 heterocycles. The maximum Gasteiger partial charge on any atom is 0.513 e. The lowest BCUT2D eigenvalue weighted by atomic mass is 9.92. The van der Waals surface area contributed by atoms with Crippen LogP contribution in [0.5, 0.6) is 11.5 Å². The molecule has 0 saturated heterocycles. The molecule has 2 N–H and O–H groups in total. The Hall–Kier alpha value is -3.34. The Morgan fingerprint density at radius 3 is 1.88 bits per heavy atom. The van der Waals surface area contributed by atoms with Crippen LogP contribution in [0.3, 0.4) is 0 Å². The molecule has 1 unspecified atom stereocenters. The summed E-state index contributed by atoms with van der Waals surface area (Å²) in [5.41, 5.74) is -2.22. The molecule has 0 amide bonds. The van der Waals surface area contributed by atoms with Gasteiger partial charge in [0.2, 0.25) is 0 Å². The number of ether oxygens (including phenoxy) is 5. The molecule has 11 heteroatoms. The average molecular weight is 596 g/mol. The van der Waals surface area contributed by atoms with Gasteiger partial charge in [-0.3, -0.25) is 10.1 Å². The highest BCUT2D eigenvalue weighted by Gasteiger charge is 2.44. The van der Waals surface area contributed by atoms with E-state index in [-0.39, 0.29) is 43.6 Å². The summed E-state index contributed by atoms with van der Waals surface area (Å²) in [6.45, 7) is 13.5. The first-order valence-electron chi connectivity index (χ1n) is 14.8. The van der Waals surface area contributed by atoms with Gasteiger partial charge in [0.05, 0.1) is 19.6 Å². The highest BCUT2D eigenvalue weighted by Crippen LogP contribution is 2.32. The zero-order valence-corrected chi connectivity index (χ0v) is 26.2. The first-order valence-corrected chi connectivity index (χ1v) is 14.8. The second kappa shape index (κ2) is 18.3. The van der Waals surface area contributed by atoms with Crippen LogP contribution < -0.4 is 14.8 Å². The van der Waals surface area contributed by atoms with Crippen molar-refractivity contribution in [2.24, 2.45) is 5.41 Å². The highest BCUT2D eigenvalue weighted by atomic mass is 16.7. The standard InChI is InChI=1S/C31H49NO10/c1-8-11-13-17-38-28(36)40-24-16-15-23(19-25(24)41-29(37)39-18-14-12-9-2)20-31(27(34)35,32-22(4)10-3)42-26(33)21-30(5,6)7/h15-16,19,22,32H,8-14,17-18,20-21H2,1-7H3,(H,34,35)/t22?,31-/m0/s1. The van der Waals surface area contributed by atoms with E-state index in [1.807, 2.05) is 41.5 Å². The van der Waals surface area contributed by atoms with Gasteiger partial charge in [0, 0.05) is 12.5 Å². The number of carbonyl (C=O) groups is 4. The normalized spacial score (nSPS) is 13.4. The topological polar surface area (TPSA) is 147 Å². The molecule has 0 spiro atoms. The van der Waals surface area contributed by atoms with Crippen molar-refractivity contribution in [1.29, 1.82) is 0 Å². The molecule has 0 aliphatic rings. The van der Waals surface area contributed by atoms with Crippen LogP contribution in [0.25, 0.3) is 0 Å². The summed E-state index contributed by atoms with van der Waals surface area (Å²) in [4.78, 5) is 50.2. The van der Waals surface area contributed by atoms with Gasteiger partial charge in [-0.1, -0.05) is 73.3 Å². The third-order valence-electron chi connectivity index (χ3n) is 6.18. The minimum atomic E-state index is -2.11.